The number of fused-ring (bicyclic) bond motifs is 1. The SMILES string of the molecule is CC1=C(C)N2C(=O)NC(NS(=O)(=O)c3ccc(C)cc3)C2=C(SCCC(=O)O)S1. The first-order valence-corrected chi connectivity index (χ1v) is 12.0. The second-order valence-corrected chi connectivity index (χ2v) is 10.9. The average molecular weight is 456 g/mol. The molecular formula is C18H21N3O5S3. The lowest BCUT2D eigenvalue weighted by atomic mass is 10.2. The van der Waals surface area contributed by atoms with Gasteiger partial charge in [0.05, 0.1) is 21.3 Å². The summed E-state index contributed by atoms with van der Waals surface area (Å²) in [6, 6.07) is 5.99. The van der Waals surface area contributed by atoms with Crippen molar-refractivity contribution in [1.29, 1.82) is 0 Å². The van der Waals surface area contributed by atoms with Crippen molar-refractivity contribution in [2.75, 3.05) is 5.75 Å². The quantitative estimate of drug-likeness (QED) is 0.579. The number of carboxylic acid groups (broad SMARTS) is 1. The smallest absolute Gasteiger partial charge is 0.327 e. The van der Waals surface area contributed by atoms with Crippen LogP contribution in [0.1, 0.15) is 25.8 Å². The van der Waals surface area contributed by atoms with Gasteiger partial charge in [-0.3, -0.25) is 9.69 Å². The molecule has 0 aliphatic carbocycles. The predicted molar refractivity (Wildman–Crippen MR) is 113 cm³/mol. The number of hydrogen-bond acceptors (Lipinski definition) is 6. The summed E-state index contributed by atoms with van der Waals surface area (Å²) >= 11 is 2.71. The third-order valence-corrected chi connectivity index (χ3v) is 8.36. The van der Waals surface area contributed by atoms with Gasteiger partial charge in [0.15, 0.2) is 0 Å². The Morgan fingerprint density at radius 2 is 1.93 bits per heavy atom. The largest absolute Gasteiger partial charge is 0.481 e. The second kappa shape index (κ2) is 8.42. The Kier molecular flexibility index (Phi) is 6.32. The molecule has 2 aliphatic rings. The Hall–Kier alpha value is -1.95. The molecule has 29 heavy (non-hydrogen) atoms. The third kappa shape index (κ3) is 4.63. The summed E-state index contributed by atoms with van der Waals surface area (Å²) in [4.78, 5) is 25.9. The minimum absolute atomic E-state index is 0.0368. The van der Waals surface area contributed by atoms with Crippen LogP contribution in [0.4, 0.5) is 4.79 Å². The number of carbonyl (C=O) groups excluding carboxylic acids is 1. The number of aliphatic carboxylic acids is 1. The molecule has 0 spiro atoms. The van der Waals surface area contributed by atoms with E-state index in [2.05, 4.69) is 10.0 Å². The van der Waals surface area contributed by atoms with E-state index in [1.807, 2.05) is 13.8 Å². The van der Waals surface area contributed by atoms with Crippen molar-refractivity contribution < 1.29 is 23.1 Å². The maximum Gasteiger partial charge on any atom is 0.327 e. The maximum atomic E-state index is 12.8. The lowest BCUT2D eigenvalue weighted by Gasteiger charge is -2.28. The number of hydrogen-bond donors (Lipinski definition) is 3. The Balaban J connectivity index is 1.92. The minimum atomic E-state index is -3.88. The zero-order valence-corrected chi connectivity index (χ0v) is 18.5. The van der Waals surface area contributed by atoms with Crippen LogP contribution in [-0.2, 0) is 14.8 Å². The Morgan fingerprint density at radius 3 is 2.55 bits per heavy atom. The van der Waals surface area contributed by atoms with Crippen molar-refractivity contribution in [1.82, 2.24) is 14.9 Å². The zero-order chi connectivity index (χ0) is 21.3. The summed E-state index contributed by atoms with van der Waals surface area (Å²) < 4.78 is 28.9. The van der Waals surface area contributed by atoms with E-state index in [-0.39, 0.29) is 11.3 Å². The van der Waals surface area contributed by atoms with Crippen molar-refractivity contribution in [2.45, 2.75) is 38.3 Å². The molecule has 3 rings (SSSR count). The summed E-state index contributed by atoms with van der Waals surface area (Å²) in [5.41, 5.74) is 2.13. The number of nitrogens with zero attached hydrogens (tertiary/aromatic N) is 1. The molecule has 0 aromatic heterocycles. The first-order chi connectivity index (χ1) is 13.6. The van der Waals surface area contributed by atoms with Crippen molar-refractivity contribution in [3.63, 3.8) is 0 Å². The first kappa shape index (κ1) is 21.8. The highest BCUT2D eigenvalue weighted by Crippen LogP contribution is 2.46. The van der Waals surface area contributed by atoms with Gasteiger partial charge in [-0.2, -0.15) is 4.72 Å². The Morgan fingerprint density at radius 1 is 1.28 bits per heavy atom. The average Bonchev–Trinajstić information content (AvgIpc) is 2.95. The fraction of sp³-hybridized carbons (Fsp3) is 0.333. The van der Waals surface area contributed by atoms with Crippen LogP contribution in [0.15, 0.2) is 49.7 Å². The topological polar surface area (TPSA) is 116 Å². The van der Waals surface area contributed by atoms with Crippen molar-refractivity contribution in [3.05, 3.63) is 50.4 Å². The van der Waals surface area contributed by atoms with E-state index < -0.39 is 28.2 Å². The molecule has 0 saturated carbocycles. The van der Waals surface area contributed by atoms with E-state index in [9.17, 15) is 18.0 Å². The van der Waals surface area contributed by atoms with Gasteiger partial charge in [0, 0.05) is 16.4 Å². The molecule has 8 nitrogen and oxygen atoms in total. The number of sulfonamides is 1. The van der Waals surface area contributed by atoms with Gasteiger partial charge in [0.2, 0.25) is 10.0 Å². The molecule has 2 aliphatic heterocycles. The third-order valence-electron chi connectivity index (χ3n) is 4.44. The van der Waals surface area contributed by atoms with E-state index in [0.29, 0.717) is 21.4 Å². The molecule has 1 aromatic rings. The van der Waals surface area contributed by atoms with Gasteiger partial charge in [-0.25, -0.2) is 13.2 Å². The number of carboxylic acids is 1. The summed E-state index contributed by atoms with van der Waals surface area (Å²) in [5.74, 6) is -0.603. The normalized spacial score (nSPS) is 19.5. The summed E-state index contributed by atoms with van der Waals surface area (Å²) in [6.45, 7) is 5.52. The molecule has 2 heterocycles. The highest BCUT2D eigenvalue weighted by molar-refractivity contribution is 8.24. The van der Waals surface area contributed by atoms with Crippen LogP contribution in [0.25, 0.3) is 0 Å². The molecule has 1 saturated heterocycles. The molecule has 156 valence electrons. The first-order valence-electron chi connectivity index (χ1n) is 8.74. The molecule has 1 atom stereocenters. The van der Waals surface area contributed by atoms with Gasteiger partial charge in [-0.15, -0.1) is 11.8 Å². The van der Waals surface area contributed by atoms with E-state index in [1.54, 1.807) is 19.1 Å². The predicted octanol–water partition coefficient (Wildman–Crippen LogP) is 3.00. The molecule has 0 bridgehead atoms. The second-order valence-electron chi connectivity index (χ2n) is 6.56. The van der Waals surface area contributed by atoms with E-state index in [0.717, 1.165) is 10.5 Å². The van der Waals surface area contributed by atoms with Crippen molar-refractivity contribution >= 4 is 45.5 Å². The monoisotopic (exact) mass is 455 g/mol. The number of rotatable bonds is 7. The number of aryl methyl sites for hydroxylation is 1. The number of benzene rings is 1. The van der Waals surface area contributed by atoms with Gasteiger partial charge >= 0.3 is 12.0 Å². The fourth-order valence-electron chi connectivity index (χ4n) is 2.82. The molecule has 1 fully saturated rings. The lowest BCUT2D eigenvalue weighted by Crippen LogP contribution is -2.43. The molecule has 2 amide bonds. The van der Waals surface area contributed by atoms with Crippen LogP contribution in [0.2, 0.25) is 0 Å². The Labute approximate surface area is 177 Å². The van der Waals surface area contributed by atoms with Gasteiger partial charge < -0.3 is 10.4 Å². The number of carbonyl (C=O) groups is 2. The van der Waals surface area contributed by atoms with E-state index in [1.165, 1.54) is 40.6 Å². The maximum absolute atomic E-state index is 12.8. The van der Waals surface area contributed by atoms with Gasteiger partial charge in [-0.05, 0) is 32.9 Å². The zero-order valence-electron chi connectivity index (χ0n) is 16.1. The minimum Gasteiger partial charge on any atom is -0.481 e. The van der Waals surface area contributed by atoms with Gasteiger partial charge in [-0.1, -0.05) is 29.5 Å². The van der Waals surface area contributed by atoms with Crippen LogP contribution in [0.3, 0.4) is 0 Å². The molecule has 11 heteroatoms. The molecule has 1 aromatic carbocycles. The number of allylic oxidation sites excluding steroid dienone is 2. The lowest BCUT2D eigenvalue weighted by molar-refractivity contribution is -0.136. The molecule has 1 unspecified atom stereocenters. The van der Waals surface area contributed by atoms with Crippen molar-refractivity contribution in [2.24, 2.45) is 0 Å². The van der Waals surface area contributed by atoms with Crippen LogP contribution >= 0.6 is 23.5 Å². The fourth-order valence-corrected chi connectivity index (χ4v) is 6.44. The number of amides is 2. The molecule has 0 radical (unpaired) electrons. The number of thioether (sulfide) groups is 2. The van der Waals surface area contributed by atoms with Crippen LogP contribution in [0.5, 0.6) is 0 Å². The van der Waals surface area contributed by atoms with E-state index >= 15 is 0 Å². The van der Waals surface area contributed by atoms with E-state index in [4.69, 9.17) is 5.11 Å². The van der Waals surface area contributed by atoms with Crippen LogP contribution in [0, 0.1) is 6.92 Å². The summed E-state index contributed by atoms with van der Waals surface area (Å²) in [6.07, 6.45) is -0.984. The van der Waals surface area contributed by atoms with Crippen LogP contribution in [-0.4, -0.2) is 42.3 Å². The van der Waals surface area contributed by atoms with Gasteiger partial charge in [0.25, 0.3) is 0 Å². The summed E-state index contributed by atoms with van der Waals surface area (Å²) in [7, 11) is -3.88. The Bertz CT molecular complexity index is 1020. The number of nitrogens with one attached hydrogen (secondary N) is 2. The van der Waals surface area contributed by atoms with Gasteiger partial charge in [0.1, 0.15) is 6.17 Å². The number of urea groups is 1. The highest BCUT2D eigenvalue weighted by atomic mass is 32.2. The summed E-state index contributed by atoms with van der Waals surface area (Å²) in [5, 5.41) is 11.6. The van der Waals surface area contributed by atoms with Crippen molar-refractivity contribution in [3.8, 4) is 0 Å². The molecular weight excluding hydrogens is 434 g/mol. The molecule has 3 N–H and O–H groups in total. The van der Waals surface area contributed by atoms with Crippen LogP contribution < -0.4 is 10.0 Å². The highest BCUT2D eigenvalue weighted by Gasteiger charge is 2.42. The standard InChI is InChI=1S/C18H21N3O5S3/c1-10-4-6-13(7-5-10)29(25,26)20-16-15-17(27-9-8-14(22)23)28-12(3)11(2)21(15)18(24)19-16/h4-7,16,20H,8-9H2,1-3H3,(H,19,24)(H,22,23).